The van der Waals surface area contributed by atoms with Gasteiger partial charge in [-0.15, -0.1) is 0 Å². The van der Waals surface area contributed by atoms with E-state index in [1.165, 1.54) is 98.7 Å². The highest BCUT2D eigenvalue weighted by molar-refractivity contribution is 6.21. The van der Waals surface area contributed by atoms with Gasteiger partial charge in [0.1, 0.15) is 0 Å². The Morgan fingerprint density at radius 3 is 0.942 bits per heavy atom. The average molecular weight is 659 g/mol. The molecule has 0 aliphatic carbocycles. The van der Waals surface area contributed by atoms with Crippen molar-refractivity contribution in [2.45, 2.75) is 0 Å². The molecule has 0 radical (unpaired) electrons. The van der Waals surface area contributed by atoms with Gasteiger partial charge in [-0.1, -0.05) is 176 Å². The highest BCUT2D eigenvalue weighted by Crippen LogP contribution is 2.44. The summed E-state index contributed by atoms with van der Waals surface area (Å²) in [4.78, 5) is 0. The van der Waals surface area contributed by atoms with Crippen LogP contribution in [0, 0.1) is 0 Å². The zero-order valence-corrected chi connectivity index (χ0v) is 28.6. The lowest BCUT2D eigenvalue weighted by Crippen LogP contribution is -1.90. The first-order chi connectivity index (χ1) is 25.8. The van der Waals surface area contributed by atoms with E-state index < -0.39 is 0 Å². The first-order valence-corrected chi connectivity index (χ1v) is 18.0. The zero-order valence-electron chi connectivity index (χ0n) is 28.6. The Morgan fingerprint density at radius 2 is 0.481 bits per heavy atom. The van der Waals surface area contributed by atoms with Crippen LogP contribution in [0.4, 0.5) is 0 Å². The molecule has 0 aromatic heterocycles. The van der Waals surface area contributed by atoms with Gasteiger partial charge in [0.2, 0.25) is 0 Å². The quantitative estimate of drug-likeness (QED) is 0.161. The van der Waals surface area contributed by atoms with Gasteiger partial charge in [0.05, 0.1) is 0 Å². The van der Waals surface area contributed by atoms with E-state index in [-0.39, 0.29) is 0 Å². The van der Waals surface area contributed by atoms with Crippen molar-refractivity contribution in [2.24, 2.45) is 0 Å². The van der Waals surface area contributed by atoms with Crippen LogP contribution < -0.4 is 0 Å². The van der Waals surface area contributed by atoms with E-state index in [0.29, 0.717) is 0 Å². The Hall–Kier alpha value is -6.76. The minimum absolute atomic E-state index is 1.23. The summed E-state index contributed by atoms with van der Waals surface area (Å²) in [5.41, 5.74) is 12.5. The summed E-state index contributed by atoms with van der Waals surface area (Å²) in [5, 5.41) is 10.1. The van der Waals surface area contributed by atoms with E-state index in [9.17, 15) is 0 Å². The minimum Gasteiger partial charge on any atom is -0.0622 e. The smallest absolute Gasteiger partial charge is 0.00262 e. The Bertz CT molecular complexity index is 2880. The second kappa shape index (κ2) is 12.5. The van der Waals surface area contributed by atoms with Crippen LogP contribution in [0.2, 0.25) is 0 Å². The lowest BCUT2D eigenvalue weighted by atomic mass is 9.85. The monoisotopic (exact) mass is 658 g/mol. The van der Waals surface area contributed by atoms with Crippen LogP contribution in [0.3, 0.4) is 0 Å². The molecule has 0 fully saturated rings. The van der Waals surface area contributed by atoms with E-state index in [0.717, 1.165) is 0 Å². The number of fused-ring (bicyclic) bond motifs is 4. The first kappa shape index (κ1) is 30.1. The summed E-state index contributed by atoms with van der Waals surface area (Å²) in [6.07, 6.45) is 0. The first-order valence-electron chi connectivity index (χ1n) is 18.0. The van der Waals surface area contributed by atoms with Crippen LogP contribution in [0.25, 0.3) is 98.7 Å². The van der Waals surface area contributed by atoms with Crippen LogP contribution in [0.15, 0.2) is 206 Å². The van der Waals surface area contributed by atoms with Gasteiger partial charge in [-0.3, -0.25) is 0 Å². The van der Waals surface area contributed by atoms with Crippen molar-refractivity contribution in [3.63, 3.8) is 0 Å². The van der Waals surface area contributed by atoms with Gasteiger partial charge in [-0.25, -0.2) is 0 Å². The predicted octanol–water partition coefficient (Wildman–Crippen LogP) is 14.6. The van der Waals surface area contributed by atoms with Crippen LogP contribution in [0.1, 0.15) is 0 Å². The Labute approximate surface area is 303 Å². The molecule has 0 aliphatic heterocycles. The predicted molar refractivity (Wildman–Crippen MR) is 224 cm³/mol. The van der Waals surface area contributed by atoms with Gasteiger partial charge in [0.15, 0.2) is 0 Å². The van der Waals surface area contributed by atoms with Crippen LogP contribution in [0.5, 0.6) is 0 Å². The molecule has 52 heavy (non-hydrogen) atoms. The Balaban J connectivity index is 1.01. The molecule has 10 aromatic rings. The van der Waals surface area contributed by atoms with Crippen LogP contribution in [-0.2, 0) is 0 Å². The molecule has 0 atom stereocenters. The van der Waals surface area contributed by atoms with Crippen LogP contribution >= 0.6 is 0 Å². The zero-order chi connectivity index (χ0) is 34.4. The molecular formula is C52H34. The lowest BCUT2D eigenvalue weighted by Gasteiger charge is -2.18. The van der Waals surface area contributed by atoms with Crippen molar-refractivity contribution in [1.82, 2.24) is 0 Å². The SMILES string of the molecule is c1ccc(-c2cccc(-c3ccc4cc(-c5ccc6cc(-c7c8ccccc8c(-c8ccccc8)c8ccccc78)ccc6c5)ccc4c3)c2)cc1. The summed E-state index contributed by atoms with van der Waals surface area (Å²) in [7, 11) is 0. The van der Waals surface area contributed by atoms with Crippen molar-refractivity contribution < 1.29 is 0 Å². The maximum absolute atomic E-state index is 2.37. The summed E-state index contributed by atoms with van der Waals surface area (Å²) in [6.45, 7) is 0. The number of rotatable bonds is 5. The second-order valence-electron chi connectivity index (χ2n) is 13.7. The van der Waals surface area contributed by atoms with E-state index in [1.54, 1.807) is 0 Å². The summed E-state index contributed by atoms with van der Waals surface area (Å²) in [5.74, 6) is 0. The number of benzene rings is 10. The summed E-state index contributed by atoms with van der Waals surface area (Å²) in [6, 6.07) is 75.5. The molecule has 0 saturated heterocycles. The third-order valence-electron chi connectivity index (χ3n) is 10.6. The highest BCUT2D eigenvalue weighted by Gasteiger charge is 2.16. The van der Waals surface area contributed by atoms with Crippen molar-refractivity contribution in [2.75, 3.05) is 0 Å². The van der Waals surface area contributed by atoms with Gasteiger partial charge in [-0.2, -0.15) is 0 Å². The summed E-state index contributed by atoms with van der Waals surface area (Å²) >= 11 is 0. The normalized spacial score (nSPS) is 11.5. The molecule has 10 rings (SSSR count). The average Bonchev–Trinajstić information content (AvgIpc) is 3.22. The second-order valence-corrected chi connectivity index (χ2v) is 13.7. The van der Waals surface area contributed by atoms with Crippen LogP contribution in [-0.4, -0.2) is 0 Å². The van der Waals surface area contributed by atoms with Gasteiger partial charge >= 0.3 is 0 Å². The highest BCUT2D eigenvalue weighted by atomic mass is 14.2. The van der Waals surface area contributed by atoms with Crippen molar-refractivity contribution in [1.29, 1.82) is 0 Å². The molecule has 10 aromatic carbocycles. The molecule has 242 valence electrons. The third-order valence-corrected chi connectivity index (χ3v) is 10.6. The Morgan fingerprint density at radius 1 is 0.173 bits per heavy atom. The topological polar surface area (TPSA) is 0 Å². The van der Waals surface area contributed by atoms with E-state index in [1.807, 2.05) is 0 Å². The molecule has 0 spiro atoms. The fraction of sp³-hybridized carbons (Fsp3) is 0. The van der Waals surface area contributed by atoms with Crippen molar-refractivity contribution in [3.8, 4) is 55.6 Å². The number of hydrogen-bond donors (Lipinski definition) is 0. The van der Waals surface area contributed by atoms with E-state index >= 15 is 0 Å². The maximum Gasteiger partial charge on any atom is -0.00262 e. The molecule has 0 heterocycles. The molecule has 0 amide bonds. The molecular weight excluding hydrogens is 625 g/mol. The molecule has 0 aliphatic rings. The maximum atomic E-state index is 2.37. The van der Waals surface area contributed by atoms with Crippen molar-refractivity contribution >= 4 is 43.1 Å². The number of hydrogen-bond acceptors (Lipinski definition) is 0. The largest absolute Gasteiger partial charge is 0.0622 e. The molecule has 0 saturated carbocycles. The van der Waals surface area contributed by atoms with E-state index in [4.69, 9.17) is 0 Å². The molecule has 0 N–H and O–H groups in total. The van der Waals surface area contributed by atoms with E-state index in [2.05, 4.69) is 206 Å². The fourth-order valence-corrected chi connectivity index (χ4v) is 8.05. The van der Waals surface area contributed by atoms with Gasteiger partial charge < -0.3 is 0 Å². The van der Waals surface area contributed by atoms with Gasteiger partial charge in [0.25, 0.3) is 0 Å². The third kappa shape index (κ3) is 5.25. The minimum atomic E-state index is 1.23. The molecule has 0 unspecified atom stereocenters. The summed E-state index contributed by atoms with van der Waals surface area (Å²) < 4.78 is 0. The lowest BCUT2D eigenvalue weighted by molar-refractivity contribution is 1.60. The molecule has 0 bridgehead atoms. The molecule has 0 heteroatoms. The fourth-order valence-electron chi connectivity index (χ4n) is 8.05. The Kier molecular flexibility index (Phi) is 7.25. The standard InChI is InChI=1S/C52H34/c1-3-12-35(13-4-1)37-16-11-17-38(30-37)39-22-23-41-32-42(25-24-40(41)31-39)43-26-27-45-34-46(29-28-44(45)33-43)52-49-20-9-7-18-47(49)51(36-14-5-2-6-15-36)48-19-8-10-21-50(48)52/h1-34H. The molecule has 0 nitrogen and oxygen atoms in total. The van der Waals surface area contributed by atoms with Gasteiger partial charge in [-0.05, 0) is 129 Å². The van der Waals surface area contributed by atoms with Gasteiger partial charge in [0, 0.05) is 0 Å². The van der Waals surface area contributed by atoms with Crippen molar-refractivity contribution in [3.05, 3.63) is 206 Å².